The second kappa shape index (κ2) is 8.70. The van der Waals surface area contributed by atoms with Crippen molar-refractivity contribution in [3.8, 4) is 22.6 Å². The van der Waals surface area contributed by atoms with Crippen LogP contribution in [0.25, 0.3) is 11.1 Å². The lowest BCUT2D eigenvalue weighted by molar-refractivity contribution is -0.129. The number of aryl methyl sites for hydroxylation is 2. The maximum atomic E-state index is 12.1. The molecule has 0 saturated carbocycles. The van der Waals surface area contributed by atoms with Gasteiger partial charge in [0.15, 0.2) is 0 Å². The molecule has 0 bridgehead atoms. The predicted octanol–water partition coefficient (Wildman–Crippen LogP) is 5.29. The summed E-state index contributed by atoms with van der Waals surface area (Å²) in [5, 5.41) is 0. The van der Waals surface area contributed by atoms with Gasteiger partial charge in [0, 0.05) is 23.3 Å². The predicted molar refractivity (Wildman–Crippen MR) is 117 cm³/mol. The van der Waals surface area contributed by atoms with E-state index in [-0.39, 0.29) is 0 Å². The average Bonchev–Trinajstić information content (AvgIpc) is 2.79. The number of benzene rings is 2. The Balaban J connectivity index is 2.00. The Morgan fingerprint density at radius 3 is 1.47 bits per heavy atom. The van der Waals surface area contributed by atoms with E-state index in [1.165, 1.54) is 34.4 Å². The number of hydrogen-bond acceptors (Lipinski definition) is 4. The standard InChI is InChI=1S/C26H26O4/c1-3-23(27)29-21-15-13-17-9-5-7-11-19(17)25(21)26-20-12-8-6-10-18(20)14-16-22(26)30-24(28)4-2/h3-4,13-16H,1-2,5-12H2. The Morgan fingerprint density at radius 2 is 1.07 bits per heavy atom. The van der Waals surface area contributed by atoms with Crippen molar-refractivity contribution in [2.24, 2.45) is 0 Å². The highest BCUT2D eigenvalue weighted by Crippen LogP contribution is 2.46. The van der Waals surface area contributed by atoms with Crippen LogP contribution in [-0.2, 0) is 35.3 Å². The van der Waals surface area contributed by atoms with Gasteiger partial charge in [-0.2, -0.15) is 0 Å². The van der Waals surface area contributed by atoms with Crippen molar-refractivity contribution >= 4 is 11.9 Å². The molecule has 4 rings (SSSR count). The van der Waals surface area contributed by atoms with Gasteiger partial charge in [-0.05, 0) is 85.8 Å². The number of rotatable bonds is 5. The Morgan fingerprint density at radius 1 is 0.667 bits per heavy atom. The molecule has 0 atom stereocenters. The normalized spacial score (nSPS) is 14.8. The van der Waals surface area contributed by atoms with Gasteiger partial charge in [0.2, 0.25) is 0 Å². The minimum absolute atomic E-state index is 0.496. The maximum absolute atomic E-state index is 12.1. The first-order valence-electron chi connectivity index (χ1n) is 10.6. The molecule has 0 amide bonds. The highest BCUT2D eigenvalue weighted by atomic mass is 16.5. The quantitative estimate of drug-likeness (QED) is 0.387. The Hall–Kier alpha value is -3.14. The fourth-order valence-corrected chi connectivity index (χ4v) is 4.63. The fourth-order valence-electron chi connectivity index (χ4n) is 4.63. The summed E-state index contributed by atoms with van der Waals surface area (Å²) < 4.78 is 11.3. The Labute approximate surface area is 177 Å². The fraction of sp³-hybridized carbons (Fsp3) is 0.308. The molecule has 0 N–H and O–H groups in total. The van der Waals surface area contributed by atoms with Crippen molar-refractivity contribution in [3.05, 3.63) is 71.8 Å². The summed E-state index contributed by atoms with van der Waals surface area (Å²) in [6.45, 7) is 7.06. The molecule has 2 aromatic carbocycles. The molecule has 0 radical (unpaired) electrons. The number of esters is 2. The van der Waals surface area contributed by atoms with Crippen LogP contribution in [-0.4, -0.2) is 11.9 Å². The summed E-state index contributed by atoms with van der Waals surface area (Å²) in [7, 11) is 0. The molecule has 2 aliphatic rings. The van der Waals surface area contributed by atoms with Gasteiger partial charge >= 0.3 is 11.9 Å². The maximum Gasteiger partial charge on any atom is 0.335 e. The van der Waals surface area contributed by atoms with E-state index in [1.54, 1.807) is 0 Å². The van der Waals surface area contributed by atoms with Crippen LogP contribution >= 0.6 is 0 Å². The van der Waals surface area contributed by atoms with Crippen LogP contribution < -0.4 is 9.47 Å². The van der Waals surface area contributed by atoms with Crippen molar-refractivity contribution in [1.82, 2.24) is 0 Å². The molecule has 0 aromatic heterocycles. The minimum Gasteiger partial charge on any atom is -0.423 e. The highest BCUT2D eigenvalue weighted by Gasteiger charge is 2.27. The van der Waals surface area contributed by atoms with Gasteiger partial charge in [0.25, 0.3) is 0 Å². The lowest BCUT2D eigenvalue weighted by atomic mass is 9.80. The Kier molecular flexibility index (Phi) is 5.84. The van der Waals surface area contributed by atoms with Gasteiger partial charge < -0.3 is 9.47 Å². The van der Waals surface area contributed by atoms with Gasteiger partial charge in [-0.25, -0.2) is 9.59 Å². The lowest BCUT2D eigenvalue weighted by Gasteiger charge is -2.27. The van der Waals surface area contributed by atoms with Gasteiger partial charge in [-0.3, -0.25) is 0 Å². The van der Waals surface area contributed by atoms with Crippen LogP contribution in [0.2, 0.25) is 0 Å². The van der Waals surface area contributed by atoms with Crippen LogP contribution in [0, 0.1) is 0 Å². The molecule has 4 nitrogen and oxygen atoms in total. The van der Waals surface area contributed by atoms with Crippen LogP contribution in [0.1, 0.15) is 47.9 Å². The van der Waals surface area contributed by atoms with Crippen molar-refractivity contribution in [3.63, 3.8) is 0 Å². The van der Waals surface area contributed by atoms with Gasteiger partial charge in [0.05, 0.1) is 0 Å². The molecule has 4 heteroatoms. The molecule has 0 saturated heterocycles. The van der Waals surface area contributed by atoms with Crippen molar-refractivity contribution in [2.75, 3.05) is 0 Å². The minimum atomic E-state index is -0.499. The summed E-state index contributed by atoms with van der Waals surface area (Å²) in [6, 6.07) is 7.83. The van der Waals surface area contributed by atoms with Crippen molar-refractivity contribution in [1.29, 1.82) is 0 Å². The molecule has 154 valence electrons. The summed E-state index contributed by atoms with van der Waals surface area (Å²) in [6.07, 6.45) is 10.6. The first-order valence-corrected chi connectivity index (χ1v) is 10.6. The average molecular weight is 402 g/mol. The summed E-state index contributed by atoms with van der Waals surface area (Å²) in [5.74, 6) is -0.00580. The van der Waals surface area contributed by atoms with Gasteiger partial charge in [-0.15, -0.1) is 0 Å². The second-order valence-corrected chi connectivity index (χ2v) is 7.82. The summed E-state index contributed by atoms with van der Waals surface area (Å²) in [4.78, 5) is 24.2. The Bertz CT molecular complexity index is 948. The zero-order valence-electron chi connectivity index (χ0n) is 17.2. The number of ether oxygens (including phenoxy) is 2. The summed E-state index contributed by atoms with van der Waals surface area (Å²) >= 11 is 0. The number of carbonyl (C=O) groups excluding carboxylic acids is 2. The van der Waals surface area contributed by atoms with E-state index >= 15 is 0 Å². The SMILES string of the molecule is C=CC(=O)Oc1ccc2c(c1-c1c(OC(=O)C=C)ccc3c1CCCC3)CCCC2. The largest absolute Gasteiger partial charge is 0.423 e. The molecule has 0 aliphatic heterocycles. The van der Waals surface area contributed by atoms with E-state index in [2.05, 4.69) is 25.3 Å². The van der Waals surface area contributed by atoms with Crippen molar-refractivity contribution in [2.45, 2.75) is 51.4 Å². The van der Waals surface area contributed by atoms with Crippen LogP contribution in [0.3, 0.4) is 0 Å². The third kappa shape index (κ3) is 3.82. The number of fused-ring (bicyclic) bond motifs is 2. The van der Waals surface area contributed by atoms with Gasteiger partial charge in [-0.1, -0.05) is 25.3 Å². The first-order chi connectivity index (χ1) is 14.6. The highest BCUT2D eigenvalue weighted by molar-refractivity contribution is 5.91. The van der Waals surface area contributed by atoms with E-state index in [0.717, 1.165) is 62.5 Å². The zero-order valence-corrected chi connectivity index (χ0v) is 17.2. The molecular formula is C26H26O4. The molecule has 2 aliphatic carbocycles. The number of hydrogen-bond donors (Lipinski definition) is 0. The van der Waals surface area contributed by atoms with E-state index in [0.29, 0.717) is 11.5 Å². The number of carbonyl (C=O) groups is 2. The molecule has 0 fully saturated rings. The second-order valence-electron chi connectivity index (χ2n) is 7.82. The van der Waals surface area contributed by atoms with Crippen LogP contribution in [0.4, 0.5) is 0 Å². The third-order valence-electron chi connectivity index (χ3n) is 5.99. The van der Waals surface area contributed by atoms with E-state index < -0.39 is 11.9 Å². The molecule has 0 spiro atoms. The zero-order chi connectivity index (χ0) is 21.1. The third-order valence-corrected chi connectivity index (χ3v) is 5.99. The molecule has 0 heterocycles. The molecule has 30 heavy (non-hydrogen) atoms. The molecule has 2 aromatic rings. The lowest BCUT2D eigenvalue weighted by Crippen LogP contribution is -2.14. The van der Waals surface area contributed by atoms with E-state index in [1.807, 2.05) is 12.1 Å². The van der Waals surface area contributed by atoms with Crippen molar-refractivity contribution < 1.29 is 19.1 Å². The monoisotopic (exact) mass is 402 g/mol. The van der Waals surface area contributed by atoms with Crippen LogP contribution in [0.5, 0.6) is 11.5 Å². The topological polar surface area (TPSA) is 52.6 Å². The van der Waals surface area contributed by atoms with E-state index in [4.69, 9.17) is 9.47 Å². The summed E-state index contributed by atoms with van der Waals surface area (Å²) in [5.41, 5.74) is 6.67. The van der Waals surface area contributed by atoms with Gasteiger partial charge in [0.1, 0.15) is 11.5 Å². The van der Waals surface area contributed by atoms with E-state index in [9.17, 15) is 9.59 Å². The molecular weight excluding hydrogens is 376 g/mol. The smallest absolute Gasteiger partial charge is 0.335 e. The first kappa shape index (κ1) is 20.1. The molecule has 0 unspecified atom stereocenters. The van der Waals surface area contributed by atoms with Crippen LogP contribution in [0.15, 0.2) is 49.6 Å².